The number of carbonyl (C=O) groups is 5. The van der Waals surface area contributed by atoms with Crippen molar-refractivity contribution >= 4 is 35.5 Å². The summed E-state index contributed by atoms with van der Waals surface area (Å²) >= 11 is 0. The molecule has 3 aliphatic heterocycles. The fraction of sp³-hybridized carbons (Fsp3) is 0.425. The Morgan fingerprint density at radius 2 is 1.25 bits per heavy atom. The SMILES string of the molecule is CC(=O)OC[C@H]1O[C@H](O[C@@H]2[C@H](OC(=O)c3ccccc3)[C@@H](Oc3ccc([N+](=O)[O-])cc3)O[C@@H]3CO[C@@H](c4ccccc4)O[C@@H]23)[C@@H](OC(C)=O)[C@@H](OC(C)=O)[C@@H]1OC(C)=O. The molecule has 19 heteroatoms. The van der Waals surface area contributed by atoms with Gasteiger partial charge >= 0.3 is 29.8 Å². The number of hydrogen-bond donors (Lipinski definition) is 0. The summed E-state index contributed by atoms with van der Waals surface area (Å²) in [6.07, 6.45) is -15.6. The van der Waals surface area contributed by atoms with Crippen LogP contribution in [0, 0.1) is 10.1 Å². The standard InChI is InChI=1S/C40H41NO18/c1-21(42)49-19-29-31(51-22(2)43)33(52-23(3)44)35(53-24(4)45)40(56-29)59-34-32-30(20-50-38(58-32)26-13-9-6-10-14-26)55-39(54-28-17-15-27(16-18-28)41(47)48)36(34)57-37(46)25-11-7-5-8-12-25/h5-18,29-36,38-40H,19-20H2,1-4H3/t29-,30-,31-,32-,33+,34+,35+,36+,38-,39+,40-/m1/s1. The number of nitro groups is 1. The lowest BCUT2D eigenvalue weighted by molar-refractivity contribution is -0.385. The van der Waals surface area contributed by atoms with Crippen LogP contribution in [0.4, 0.5) is 5.69 Å². The molecule has 0 aliphatic carbocycles. The highest BCUT2D eigenvalue weighted by molar-refractivity contribution is 5.89. The molecule has 59 heavy (non-hydrogen) atoms. The zero-order valence-electron chi connectivity index (χ0n) is 32.1. The van der Waals surface area contributed by atoms with E-state index in [4.69, 9.17) is 52.1 Å². The Morgan fingerprint density at radius 1 is 0.661 bits per heavy atom. The maximum atomic E-state index is 13.9. The van der Waals surface area contributed by atoms with Gasteiger partial charge in [0, 0.05) is 45.4 Å². The summed E-state index contributed by atoms with van der Waals surface area (Å²) < 4.78 is 66.2. The number of nitrogens with zero attached hydrogens (tertiary/aromatic N) is 1. The van der Waals surface area contributed by atoms with Crippen molar-refractivity contribution in [3.8, 4) is 5.75 Å². The van der Waals surface area contributed by atoms with Crippen LogP contribution in [0.3, 0.4) is 0 Å². The lowest BCUT2D eigenvalue weighted by Crippen LogP contribution is -2.68. The molecule has 11 atom stereocenters. The molecule has 0 saturated carbocycles. The van der Waals surface area contributed by atoms with Crippen LogP contribution in [0.25, 0.3) is 0 Å². The average molecular weight is 824 g/mol. The first-order valence-electron chi connectivity index (χ1n) is 18.4. The van der Waals surface area contributed by atoms with Crippen molar-refractivity contribution in [2.45, 2.75) is 95.4 Å². The fourth-order valence-electron chi connectivity index (χ4n) is 6.70. The number of fused-ring (bicyclic) bond motifs is 1. The smallest absolute Gasteiger partial charge is 0.338 e. The first kappa shape index (κ1) is 42.6. The lowest BCUT2D eigenvalue weighted by Gasteiger charge is -2.50. The van der Waals surface area contributed by atoms with Crippen molar-refractivity contribution in [1.82, 2.24) is 0 Å². The van der Waals surface area contributed by atoms with Crippen molar-refractivity contribution in [3.05, 3.63) is 106 Å². The summed E-state index contributed by atoms with van der Waals surface area (Å²) in [6, 6.07) is 21.9. The molecule has 3 fully saturated rings. The average Bonchev–Trinajstić information content (AvgIpc) is 3.20. The number of hydrogen-bond acceptors (Lipinski definition) is 18. The third-order valence-corrected chi connectivity index (χ3v) is 9.15. The van der Waals surface area contributed by atoms with Gasteiger partial charge in [0.25, 0.3) is 5.69 Å². The number of benzene rings is 3. The summed E-state index contributed by atoms with van der Waals surface area (Å²) in [5.74, 6) is -4.09. The highest BCUT2D eigenvalue weighted by Gasteiger charge is 2.58. The molecular formula is C40H41NO18. The predicted octanol–water partition coefficient (Wildman–Crippen LogP) is 3.51. The van der Waals surface area contributed by atoms with Gasteiger partial charge in [0.05, 0.1) is 17.1 Å². The van der Waals surface area contributed by atoms with Crippen molar-refractivity contribution < 1.29 is 81.0 Å². The van der Waals surface area contributed by atoms with E-state index in [1.807, 2.05) is 0 Å². The maximum absolute atomic E-state index is 13.9. The molecule has 0 aromatic heterocycles. The molecule has 3 aromatic rings. The zero-order valence-corrected chi connectivity index (χ0v) is 32.1. The largest absolute Gasteiger partial charge is 0.463 e. The molecule has 0 N–H and O–H groups in total. The first-order valence-corrected chi connectivity index (χ1v) is 18.4. The van der Waals surface area contributed by atoms with E-state index in [1.165, 1.54) is 36.4 Å². The van der Waals surface area contributed by atoms with Gasteiger partial charge < -0.3 is 52.1 Å². The Kier molecular flexibility index (Phi) is 13.8. The van der Waals surface area contributed by atoms with E-state index in [0.29, 0.717) is 5.56 Å². The van der Waals surface area contributed by atoms with E-state index in [1.54, 1.807) is 48.5 Å². The molecule has 0 spiro atoms. The minimum absolute atomic E-state index is 0.0747. The van der Waals surface area contributed by atoms with Gasteiger partial charge in [-0.25, -0.2) is 4.79 Å². The van der Waals surface area contributed by atoms with Crippen molar-refractivity contribution in [3.63, 3.8) is 0 Å². The minimum Gasteiger partial charge on any atom is -0.463 e. The van der Waals surface area contributed by atoms with Crippen molar-refractivity contribution in [2.75, 3.05) is 13.2 Å². The molecule has 0 bridgehead atoms. The van der Waals surface area contributed by atoms with Crippen LogP contribution < -0.4 is 4.74 Å². The summed E-state index contributed by atoms with van der Waals surface area (Å²) in [7, 11) is 0. The number of non-ortho nitro benzene ring substituents is 1. The normalized spacial score (nSPS) is 28.8. The third-order valence-electron chi connectivity index (χ3n) is 9.15. The monoisotopic (exact) mass is 823 g/mol. The van der Waals surface area contributed by atoms with Gasteiger partial charge in [-0.15, -0.1) is 0 Å². The van der Waals surface area contributed by atoms with Gasteiger partial charge in [-0.05, 0) is 24.3 Å². The van der Waals surface area contributed by atoms with Crippen molar-refractivity contribution in [2.24, 2.45) is 0 Å². The van der Waals surface area contributed by atoms with Gasteiger partial charge in [0.2, 0.25) is 6.29 Å². The van der Waals surface area contributed by atoms with Gasteiger partial charge in [-0.2, -0.15) is 0 Å². The Labute approximate surface area is 336 Å². The molecule has 314 valence electrons. The Morgan fingerprint density at radius 3 is 1.86 bits per heavy atom. The molecule has 0 unspecified atom stereocenters. The molecule has 3 aromatic carbocycles. The van der Waals surface area contributed by atoms with Crippen molar-refractivity contribution in [1.29, 1.82) is 0 Å². The van der Waals surface area contributed by atoms with Crippen LogP contribution in [-0.2, 0) is 66.5 Å². The summed E-state index contributed by atoms with van der Waals surface area (Å²) in [5, 5.41) is 11.4. The molecule has 3 saturated heterocycles. The molecular weight excluding hydrogens is 782 g/mol. The van der Waals surface area contributed by atoms with E-state index in [0.717, 1.165) is 27.7 Å². The number of nitro benzene ring substituents is 1. The molecule has 3 heterocycles. The Balaban J connectivity index is 1.45. The summed E-state index contributed by atoms with van der Waals surface area (Å²) in [4.78, 5) is 74.2. The summed E-state index contributed by atoms with van der Waals surface area (Å²) in [6.45, 7) is 3.69. The number of rotatable bonds is 13. The molecule has 0 amide bonds. The first-order chi connectivity index (χ1) is 28.3. The van der Waals surface area contributed by atoms with Gasteiger partial charge in [-0.3, -0.25) is 29.3 Å². The van der Waals surface area contributed by atoms with E-state index < -0.39 is 109 Å². The zero-order chi connectivity index (χ0) is 42.2. The second-order valence-corrected chi connectivity index (χ2v) is 13.5. The topological polar surface area (TPSA) is 230 Å². The molecule has 6 rings (SSSR count). The summed E-state index contributed by atoms with van der Waals surface area (Å²) in [5.41, 5.74) is 0.517. The number of esters is 5. The van der Waals surface area contributed by atoms with Gasteiger partial charge in [0.15, 0.2) is 37.0 Å². The highest BCUT2D eigenvalue weighted by Crippen LogP contribution is 2.40. The maximum Gasteiger partial charge on any atom is 0.338 e. The van der Waals surface area contributed by atoms with Crippen LogP contribution in [0.5, 0.6) is 5.75 Å². The van der Waals surface area contributed by atoms with Crippen LogP contribution >= 0.6 is 0 Å². The van der Waals surface area contributed by atoms with E-state index in [2.05, 4.69) is 0 Å². The fourth-order valence-corrected chi connectivity index (χ4v) is 6.70. The van der Waals surface area contributed by atoms with E-state index in [-0.39, 0.29) is 23.6 Å². The number of carbonyl (C=O) groups excluding carboxylic acids is 5. The molecule has 0 radical (unpaired) electrons. The minimum atomic E-state index is -1.75. The highest BCUT2D eigenvalue weighted by atomic mass is 16.8. The molecule has 3 aliphatic rings. The van der Waals surface area contributed by atoms with E-state index in [9.17, 15) is 34.1 Å². The van der Waals surface area contributed by atoms with Gasteiger partial charge in [-0.1, -0.05) is 48.5 Å². The van der Waals surface area contributed by atoms with E-state index >= 15 is 0 Å². The molecule has 19 nitrogen and oxygen atoms in total. The Bertz CT molecular complexity index is 1960. The van der Waals surface area contributed by atoms with Crippen LogP contribution in [0.2, 0.25) is 0 Å². The number of ether oxygens (including phenoxy) is 11. The second kappa shape index (κ2) is 19.2. The quantitative estimate of drug-likeness (QED) is 0.104. The van der Waals surface area contributed by atoms with Gasteiger partial charge in [0.1, 0.15) is 36.8 Å². The van der Waals surface area contributed by atoms with Crippen LogP contribution in [-0.4, -0.2) is 109 Å². The third kappa shape index (κ3) is 10.7. The van der Waals surface area contributed by atoms with Crippen LogP contribution in [0.15, 0.2) is 84.9 Å². The van der Waals surface area contributed by atoms with Crippen LogP contribution in [0.1, 0.15) is 49.9 Å². The predicted molar refractivity (Wildman–Crippen MR) is 195 cm³/mol. The Hall–Kier alpha value is -5.99. The lowest BCUT2D eigenvalue weighted by atomic mass is 9.95. The second-order valence-electron chi connectivity index (χ2n) is 13.5.